The standard InChI is InChI=1S/C33H28N2/c1-3-23-20-26(24-12-6-4-7-13-24)22-29(33(23)34-2)25-18-19-32-30(21-25)28-16-10-11-17-31(28)35(32)27-14-8-5-9-15-27/h4-22,34H,3H2,1-2H3. The van der Waals surface area contributed by atoms with Crippen LogP contribution in [0.1, 0.15) is 12.5 Å². The zero-order valence-electron chi connectivity index (χ0n) is 20.1. The first kappa shape index (κ1) is 21.2. The Bertz CT molecular complexity index is 1640. The van der Waals surface area contributed by atoms with Crippen LogP contribution in [0.2, 0.25) is 0 Å². The molecule has 0 aliphatic carbocycles. The van der Waals surface area contributed by atoms with E-state index in [2.05, 4.69) is 132 Å². The molecule has 0 bridgehead atoms. The van der Waals surface area contributed by atoms with Gasteiger partial charge in [0.25, 0.3) is 0 Å². The van der Waals surface area contributed by atoms with Gasteiger partial charge in [-0.25, -0.2) is 0 Å². The van der Waals surface area contributed by atoms with Crippen LogP contribution >= 0.6 is 0 Å². The molecular weight excluding hydrogens is 424 g/mol. The molecule has 2 heteroatoms. The van der Waals surface area contributed by atoms with Crippen molar-refractivity contribution in [2.75, 3.05) is 12.4 Å². The average molecular weight is 453 g/mol. The number of aryl methyl sites for hydroxylation is 1. The van der Waals surface area contributed by atoms with E-state index in [1.54, 1.807) is 0 Å². The summed E-state index contributed by atoms with van der Waals surface area (Å²) in [6, 6.07) is 41.6. The number of anilines is 1. The molecule has 1 heterocycles. The molecule has 0 spiro atoms. The number of nitrogens with zero attached hydrogens (tertiary/aromatic N) is 1. The van der Waals surface area contributed by atoms with Gasteiger partial charge in [-0.2, -0.15) is 0 Å². The zero-order valence-corrected chi connectivity index (χ0v) is 20.1. The number of nitrogens with one attached hydrogen (secondary N) is 1. The van der Waals surface area contributed by atoms with Crippen molar-refractivity contribution in [1.29, 1.82) is 0 Å². The topological polar surface area (TPSA) is 17.0 Å². The Labute approximate surface area is 206 Å². The van der Waals surface area contributed by atoms with Gasteiger partial charge in [-0.05, 0) is 71.1 Å². The lowest BCUT2D eigenvalue weighted by Gasteiger charge is -2.17. The van der Waals surface area contributed by atoms with Crippen molar-refractivity contribution in [1.82, 2.24) is 4.57 Å². The molecule has 6 rings (SSSR count). The van der Waals surface area contributed by atoms with E-state index in [1.165, 1.54) is 61.0 Å². The van der Waals surface area contributed by atoms with Crippen molar-refractivity contribution < 1.29 is 0 Å². The Balaban J connectivity index is 1.62. The van der Waals surface area contributed by atoms with E-state index >= 15 is 0 Å². The summed E-state index contributed by atoms with van der Waals surface area (Å²) in [5.41, 5.74) is 11.1. The molecule has 0 aliphatic heterocycles. The van der Waals surface area contributed by atoms with E-state index in [-0.39, 0.29) is 0 Å². The number of para-hydroxylation sites is 2. The van der Waals surface area contributed by atoms with Gasteiger partial charge in [0, 0.05) is 34.8 Å². The van der Waals surface area contributed by atoms with Crippen LogP contribution in [-0.2, 0) is 6.42 Å². The van der Waals surface area contributed by atoms with Crippen LogP contribution in [0.4, 0.5) is 5.69 Å². The third-order valence-electron chi connectivity index (χ3n) is 6.96. The highest BCUT2D eigenvalue weighted by Crippen LogP contribution is 2.39. The molecule has 5 aromatic carbocycles. The summed E-state index contributed by atoms with van der Waals surface area (Å²) in [7, 11) is 2.03. The highest BCUT2D eigenvalue weighted by molar-refractivity contribution is 6.10. The van der Waals surface area contributed by atoms with Crippen LogP contribution in [0.15, 0.2) is 115 Å². The van der Waals surface area contributed by atoms with Gasteiger partial charge >= 0.3 is 0 Å². The maximum atomic E-state index is 3.50. The van der Waals surface area contributed by atoms with Crippen LogP contribution < -0.4 is 5.32 Å². The molecule has 0 atom stereocenters. The third-order valence-corrected chi connectivity index (χ3v) is 6.96. The molecular formula is C33H28N2. The lowest BCUT2D eigenvalue weighted by Crippen LogP contribution is -1.99. The van der Waals surface area contributed by atoms with Crippen molar-refractivity contribution >= 4 is 27.5 Å². The van der Waals surface area contributed by atoms with Crippen LogP contribution in [0.3, 0.4) is 0 Å². The van der Waals surface area contributed by atoms with E-state index in [1.807, 2.05) is 7.05 Å². The van der Waals surface area contributed by atoms with Crippen LogP contribution in [0.5, 0.6) is 0 Å². The fraction of sp³-hybridized carbons (Fsp3) is 0.0909. The first-order valence-electron chi connectivity index (χ1n) is 12.3. The largest absolute Gasteiger partial charge is 0.387 e. The Morgan fingerprint density at radius 3 is 2.03 bits per heavy atom. The monoisotopic (exact) mass is 452 g/mol. The molecule has 0 saturated carbocycles. The minimum Gasteiger partial charge on any atom is -0.387 e. The molecule has 35 heavy (non-hydrogen) atoms. The van der Waals surface area contributed by atoms with Crippen LogP contribution in [0, 0.1) is 0 Å². The predicted octanol–water partition coefficient (Wildman–Crippen LogP) is 8.72. The first-order valence-corrected chi connectivity index (χ1v) is 12.3. The van der Waals surface area contributed by atoms with E-state index < -0.39 is 0 Å². The lowest BCUT2D eigenvalue weighted by atomic mass is 9.92. The van der Waals surface area contributed by atoms with Gasteiger partial charge in [-0.1, -0.05) is 79.7 Å². The van der Waals surface area contributed by atoms with Gasteiger partial charge in [-0.3, -0.25) is 0 Å². The van der Waals surface area contributed by atoms with Crippen molar-refractivity contribution in [3.8, 4) is 27.9 Å². The van der Waals surface area contributed by atoms with Gasteiger partial charge in [0.2, 0.25) is 0 Å². The van der Waals surface area contributed by atoms with Crippen molar-refractivity contribution in [2.24, 2.45) is 0 Å². The number of aromatic nitrogens is 1. The number of benzene rings is 5. The Kier molecular flexibility index (Phi) is 5.35. The third kappa shape index (κ3) is 3.59. The van der Waals surface area contributed by atoms with Crippen molar-refractivity contribution in [3.63, 3.8) is 0 Å². The van der Waals surface area contributed by atoms with Crippen molar-refractivity contribution in [2.45, 2.75) is 13.3 Å². The number of rotatable bonds is 5. The second-order valence-corrected chi connectivity index (χ2v) is 8.95. The maximum absolute atomic E-state index is 3.50. The molecule has 0 aliphatic rings. The normalized spacial score (nSPS) is 11.3. The lowest BCUT2D eigenvalue weighted by molar-refractivity contribution is 1.14. The highest BCUT2D eigenvalue weighted by Gasteiger charge is 2.16. The summed E-state index contributed by atoms with van der Waals surface area (Å²) in [5.74, 6) is 0. The minimum absolute atomic E-state index is 0.972. The molecule has 1 N–H and O–H groups in total. The number of hydrogen-bond acceptors (Lipinski definition) is 1. The van der Waals surface area contributed by atoms with Crippen LogP contribution in [0.25, 0.3) is 49.7 Å². The quantitative estimate of drug-likeness (QED) is 0.277. The molecule has 0 saturated heterocycles. The molecule has 0 amide bonds. The summed E-state index contributed by atoms with van der Waals surface area (Å²) in [6.07, 6.45) is 0.972. The van der Waals surface area contributed by atoms with Gasteiger partial charge in [0.05, 0.1) is 11.0 Å². The van der Waals surface area contributed by atoms with Gasteiger partial charge in [-0.15, -0.1) is 0 Å². The molecule has 0 fully saturated rings. The predicted molar refractivity (Wildman–Crippen MR) is 151 cm³/mol. The summed E-state index contributed by atoms with van der Waals surface area (Å²) >= 11 is 0. The fourth-order valence-corrected chi connectivity index (χ4v) is 5.30. The zero-order chi connectivity index (χ0) is 23.8. The smallest absolute Gasteiger partial charge is 0.0541 e. The van der Waals surface area contributed by atoms with E-state index in [9.17, 15) is 0 Å². The Morgan fingerprint density at radius 1 is 0.600 bits per heavy atom. The molecule has 1 aromatic heterocycles. The molecule has 6 aromatic rings. The van der Waals surface area contributed by atoms with Gasteiger partial charge in [0.15, 0.2) is 0 Å². The number of hydrogen-bond donors (Lipinski definition) is 1. The Hall–Kier alpha value is -4.30. The molecule has 2 nitrogen and oxygen atoms in total. The second-order valence-electron chi connectivity index (χ2n) is 8.95. The maximum Gasteiger partial charge on any atom is 0.0541 e. The fourth-order valence-electron chi connectivity index (χ4n) is 5.30. The molecule has 0 radical (unpaired) electrons. The van der Waals surface area contributed by atoms with Crippen molar-refractivity contribution in [3.05, 3.63) is 121 Å². The van der Waals surface area contributed by atoms with E-state index in [0.717, 1.165) is 6.42 Å². The molecule has 170 valence electrons. The summed E-state index contributed by atoms with van der Waals surface area (Å²) in [5, 5.41) is 6.05. The summed E-state index contributed by atoms with van der Waals surface area (Å²) in [6.45, 7) is 2.23. The average Bonchev–Trinajstić information content (AvgIpc) is 3.27. The first-order chi connectivity index (χ1) is 17.3. The number of fused-ring (bicyclic) bond motifs is 3. The summed E-state index contributed by atoms with van der Waals surface area (Å²) in [4.78, 5) is 0. The molecule has 0 unspecified atom stereocenters. The summed E-state index contributed by atoms with van der Waals surface area (Å²) < 4.78 is 2.37. The highest BCUT2D eigenvalue weighted by atomic mass is 15.0. The van der Waals surface area contributed by atoms with E-state index in [0.29, 0.717) is 0 Å². The van der Waals surface area contributed by atoms with Gasteiger partial charge in [0.1, 0.15) is 0 Å². The SMILES string of the molecule is CCc1cc(-c2ccccc2)cc(-c2ccc3c(c2)c2ccccc2n3-c2ccccc2)c1NC. The van der Waals surface area contributed by atoms with Gasteiger partial charge < -0.3 is 9.88 Å². The minimum atomic E-state index is 0.972. The van der Waals surface area contributed by atoms with E-state index in [4.69, 9.17) is 0 Å². The van der Waals surface area contributed by atoms with Crippen LogP contribution in [-0.4, -0.2) is 11.6 Å². The Morgan fingerprint density at radius 2 is 1.29 bits per heavy atom. The second kappa shape index (κ2) is 8.81.